The second kappa shape index (κ2) is 12.9. The number of rotatable bonds is 8. The Morgan fingerprint density at radius 1 is 1.14 bits per heavy atom. The molecule has 21 heavy (non-hydrogen) atoms. The van der Waals surface area contributed by atoms with Crippen molar-refractivity contribution in [3.8, 4) is 0 Å². The molecule has 0 atom stereocenters. The molecule has 0 saturated carbocycles. The zero-order chi connectivity index (χ0) is 14.6. The van der Waals surface area contributed by atoms with Crippen molar-refractivity contribution in [2.75, 3.05) is 27.3 Å². The van der Waals surface area contributed by atoms with Crippen LogP contribution in [0.4, 0.5) is 0 Å². The Morgan fingerprint density at radius 3 is 2.57 bits per heavy atom. The molecule has 0 radical (unpaired) electrons. The predicted octanol–water partition coefficient (Wildman–Crippen LogP) is 3.09. The number of benzene rings is 1. The molecule has 2 N–H and O–H groups in total. The SMILES string of the molecule is CN=C(NCCCCCOC)NCc1ccccc1C.I. The van der Waals surface area contributed by atoms with E-state index in [-0.39, 0.29) is 24.0 Å². The molecule has 0 aliphatic carbocycles. The molecule has 0 fully saturated rings. The zero-order valence-corrected chi connectivity index (χ0v) is 15.6. The van der Waals surface area contributed by atoms with Gasteiger partial charge in [-0.2, -0.15) is 0 Å². The minimum Gasteiger partial charge on any atom is -0.385 e. The summed E-state index contributed by atoms with van der Waals surface area (Å²) in [7, 11) is 3.55. The van der Waals surface area contributed by atoms with Crippen molar-refractivity contribution in [1.82, 2.24) is 10.6 Å². The highest BCUT2D eigenvalue weighted by Gasteiger charge is 2.00. The van der Waals surface area contributed by atoms with Gasteiger partial charge in [0.15, 0.2) is 5.96 Å². The number of ether oxygens (including phenoxy) is 1. The number of nitrogens with one attached hydrogen (secondary N) is 2. The molecule has 0 aromatic heterocycles. The molecule has 4 nitrogen and oxygen atoms in total. The first kappa shape index (κ1) is 20.2. The lowest BCUT2D eigenvalue weighted by Crippen LogP contribution is -2.37. The smallest absolute Gasteiger partial charge is 0.191 e. The summed E-state index contributed by atoms with van der Waals surface area (Å²) in [4.78, 5) is 4.24. The summed E-state index contributed by atoms with van der Waals surface area (Å²) in [6.45, 7) is 4.72. The Hall–Kier alpha value is -0.820. The van der Waals surface area contributed by atoms with Gasteiger partial charge in [0, 0.05) is 33.9 Å². The number of halogens is 1. The van der Waals surface area contributed by atoms with Crippen molar-refractivity contribution in [2.45, 2.75) is 32.7 Å². The second-order valence-electron chi connectivity index (χ2n) is 4.83. The van der Waals surface area contributed by atoms with Gasteiger partial charge in [-0.15, -0.1) is 24.0 Å². The van der Waals surface area contributed by atoms with Gasteiger partial charge in [-0.25, -0.2) is 0 Å². The third-order valence-corrected chi connectivity index (χ3v) is 3.25. The average molecular weight is 405 g/mol. The molecule has 0 unspecified atom stereocenters. The molecule has 0 aliphatic heterocycles. The molecule has 0 spiro atoms. The van der Waals surface area contributed by atoms with E-state index in [0.717, 1.165) is 38.5 Å². The Labute approximate surface area is 145 Å². The van der Waals surface area contributed by atoms with Crippen molar-refractivity contribution >= 4 is 29.9 Å². The molecule has 120 valence electrons. The van der Waals surface area contributed by atoms with Crippen molar-refractivity contribution in [1.29, 1.82) is 0 Å². The Morgan fingerprint density at radius 2 is 1.90 bits per heavy atom. The molecule has 1 aromatic carbocycles. The van der Waals surface area contributed by atoms with Gasteiger partial charge < -0.3 is 15.4 Å². The summed E-state index contributed by atoms with van der Waals surface area (Å²) in [5.41, 5.74) is 2.60. The number of nitrogens with zero attached hydrogens (tertiary/aromatic N) is 1. The summed E-state index contributed by atoms with van der Waals surface area (Å²) in [5.74, 6) is 0.861. The molecular formula is C16H28IN3O. The van der Waals surface area contributed by atoms with Gasteiger partial charge in [0.2, 0.25) is 0 Å². The maximum Gasteiger partial charge on any atom is 0.191 e. The van der Waals surface area contributed by atoms with Crippen molar-refractivity contribution in [2.24, 2.45) is 4.99 Å². The normalized spacial score (nSPS) is 10.9. The van der Waals surface area contributed by atoms with Gasteiger partial charge in [0.05, 0.1) is 0 Å². The van der Waals surface area contributed by atoms with Crippen LogP contribution in [0, 0.1) is 6.92 Å². The number of aryl methyl sites for hydroxylation is 1. The monoisotopic (exact) mass is 405 g/mol. The van der Waals surface area contributed by atoms with E-state index in [2.05, 4.69) is 46.8 Å². The maximum absolute atomic E-state index is 5.03. The molecular weight excluding hydrogens is 377 g/mol. The van der Waals surface area contributed by atoms with Gasteiger partial charge in [-0.05, 0) is 37.3 Å². The van der Waals surface area contributed by atoms with Crippen LogP contribution >= 0.6 is 24.0 Å². The molecule has 1 aromatic rings. The van der Waals surface area contributed by atoms with E-state index >= 15 is 0 Å². The molecule has 0 aliphatic rings. The van der Waals surface area contributed by atoms with Crippen LogP contribution in [0.3, 0.4) is 0 Å². The topological polar surface area (TPSA) is 45.7 Å². The van der Waals surface area contributed by atoms with E-state index < -0.39 is 0 Å². The zero-order valence-electron chi connectivity index (χ0n) is 13.3. The Kier molecular flexibility index (Phi) is 12.4. The molecule has 1 rings (SSSR count). The third-order valence-electron chi connectivity index (χ3n) is 3.25. The number of unbranched alkanes of at least 4 members (excludes halogenated alkanes) is 2. The van der Waals surface area contributed by atoms with Gasteiger partial charge in [0.1, 0.15) is 0 Å². The van der Waals surface area contributed by atoms with Gasteiger partial charge in [-0.3, -0.25) is 4.99 Å². The summed E-state index contributed by atoms with van der Waals surface area (Å²) in [6.07, 6.45) is 3.43. The lowest BCUT2D eigenvalue weighted by atomic mass is 10.1. The number of hydrogen-bond acceptors (Lipinski definition) is 2. The highest BCUT2D eigenvalue weighted by Crippen LogP contribution is 2.05. The van der Waals surface area contributed by atoms with Gasteiger partial charge in [0.25, 0.3) is 0 Å². The van der Waals surface area contributed by atoms with Crippen molar-refractivity contribution in [3.63, 3.8) is 0 Å². The van der Waals surface area contributed by atoms with Crippen molar-refractivity contribution in [3.05, 3.63) is 35.4 Å². The fourth-order valence-electron chi connectivity index (χ4n) is 1.96. The molecule has 0 bridgehead atoms. The Bertz CT molecular complexity index is 410. The van der Waals surface area contributed by atoms with Crippen LogP contribution in [-0.4, -0.2) is 33.3 Å². The van der Waals surface area contributed by atoms with E-state index in [1.54, 1.807) is 14.2 Å². The first-order valence-corrected chi connectivity index (χ1v) is 7.26. The molecule has 0 heterocycles. The third kappa shape index (κ3) is 8.93. The first-order chi connectivity index (χ1) is 9.77. The first-order valence-electron chi connectivity index (χ1n) is 7.26. The summed E-state index contributed by atoms with van der Waals surface area (Å²) < 4.78 is 5.03. The standard InChI is InChI=1S/C16H27N3O.HI/c1-14-9-5-6-10-15(14)13-19-16(17-2)18-11-7-4-8-12-20-3;/h5-6,9-10H,4,7-8,11-13H2,1-3H3,(H2,17,18,19);1H. The average Bonchev–Trinajstić information content (AvgIpc) is 2.47. The molecule has 0 amide bonds. The lowest BCUT2D eigenvalue weighted by Gasteiger charge is -2.13. The maximum atomic E-state index is 5.03. The predicted molar refractivity (Wildman–Crippen MR) is 101 cm³/mol. The molecule has 5 heteroatoms. The summed E-state index contributed by atoms with van der Waals surface area (Å²) in [5, 5.41) is 6.68. The minimum atomic E-state index is 0. The van der Waals surface area contributed by atoms with Crippen LogP contribution in [-0.2, 0) is 11.3 Å². The van der Waals surface area contributed by atoms with E-state index in [1.165, 1.54) is 17.5 Å². The second-order valence-corrected chi connectivity index (χ2v) is 4.83. The summed E-state index contributed by atoms with van der Waals surface area (Å²) in [6, 6.07) is 8.39. The fourth-order valence-corrected chi connectivity index (χ4v) is 1.96. The highest BCUT2D eigenvalue weighted by atomic mass is 127. The largest absolute Gasteiger partial charge is 0.385 e. The number of hydrogen-bond donors (Lipinski definition) is 2. The van der Waals surface area contributed by atoms with Crippen LogP contribution < -0.4 is 10.6 Å². The fraction of sp³-hybridized carbons (Fsp3) is 0.562. The number of aliphatic imine (C=N–C) groups is 1. The van der Waals surface area contributed by atoms with Crippen LogP contribution in [0.1, 0.15) is 30.4 Å². The van der Waals surface area contributed by atoms with E-state index in [0.29, 0.717) is 0 Å². The summed E-state index contributed by atoms with van der Waals surface area (Å²) >= 11 is 0. The van der Waals surface area contributed by atoms with Crippen LogP contribution in [0.2, 0.25) is 0 Å². The van der Waals surface area contributed by atoms with E-state index in [1.807, 2.05) is 0 Å². The molecule has 0 saturated heterocycles. The van der Waals surface area contributed by atoms with Crippen LogP contribution in [0.5, 0.6) is 0 Å². The van der Waals surface area contributed by atoms with Crippen LogP contribution in [0.25, 0.3) is 0 Å². The van der Waals surface area contributed by atoms with Gasteiger partial charge >= 0.3 is 0 Å². The Balaban J connectivity index is 0.00000400. The quantitative estimate of drug-likeness (QED) is 0.303. The van der Waals surface area contributed by atoms with Gasteiger partial charge in [-0.1, -0.05) is 24.3 Å². The van der Waals surface area contributed by atoms with E-state index in [9.17, 15) is 0 Å². The number of guanidine groups is 1. The highest BCUT2D eigenvalue weighted by molar-refractivity contribution is 14.0. The van der Waals surface area contributed by atoms with E-state index in [4.69, 9.17) is 4.74 Å². The number of methoxy groups -OCH3 is 1. The lowest BCUT2D eigenvalue weighted by molar-refractivity contribution is 0.192. The van der Waals surface area contributed by atoms with Crippen molar-refractivity contribution < 1.29 is 4.74 Å². The van der Waals surface area contributed by atoms with Crippen LogP contribution in [0.15, 0.2) is 29.3 Å². The minimum absolute atomic E-state index is 0.